The average molecular weight is 484 g/mol. The second-order valence-corrected chi connectivity index (χ2v) is 10.1. The molecular formula is C28H29N5OS. The van der Waals surface area contributed by atoms with Crippen molar-refractivity contribution in [3.05, 3.63) is 71.1 Å². The first-order valence-corrected chi connectivity index (χ1v) is 12.9. The number of carbonyl (C=O) groups is 1. The third-order valence-corrected chi connectivity index (χ3v) is 7.47. The zero-order valence-electron chi connectivity index (χ0n) is 20.3. The zero-order valence-corrected chi connectivity index (χ0v) is 21.2. The number of unbranched alkanes of at least 4 members (excludes halogenated alkanes) is 3. The van der Waals surface area contributed by atoms with E-state index in [2.05, 4.69) is 64.9 Å². The van der Waals surface area contributed by atoms with Crippen molar-refractivity contribution in [2.24, 2.45) is 10.1 Å². The number of hydrogen-bond donors (Lipinski definition) is 1. The molecule has 178 valence electrons. The summed E-state index contributed by atoms with van der Waals surface area (Å²) in [4.78, 5) is 17.1. The lowest BCUT2D eigenvalue weighted by Crippen LogP contribution is -2.35. The summed E-state index contributed by atoms with van der Waals surface area (Å²) in [5.74, 6) is -0.293. The number of nitrogens with zero attached hydrogens (tertiary/aromatic N) is 4. The molecule has 0 saturated carbocycles. The van der Waals surface area contributed by atoms with Crippen LogP contribution in [-0.4, -0.2) is 31.5 Å². The van der Waals surface area contributed by atoms with Crippen molar-refractivity contribution < 1.29 is 4.79 Å². The molecule has 2 aliphatic heterocycles. The Hall–Kier alpha value is -3.45. The summed E-state index contributed by atoms with van der Waals surface area (Å²) in [5, 5.41) is 18.6. The molecule has 1 amide bonds. The van der Waals surface area contributed by atoms with Crippen LogP contribution < -0.4 is 0 Å². The van der Waals surface area contributed by atoms with Gasteiger partial charge in [-0.2, -0.15) is 15.1 Å². The van der Waals surface area contributed by atoms with E-state index >= 15 is 0 Å². The van der Waals surface area contributed by atoms with Gasteiger partial charge in [0, 0.05) is 17.1 Å². The van der Waals surface area contributed by atoms with E-state index in [0.29, 0.717) is 5.17 Å². The maximum Gasteiger partial charge on any atom is 0.283 e. The molecule has 0 spiro atoms. The molecule has 0 radical (unpaired) electrons. The molecule has 5 rings (SSSR count). The number of benzene rings is 2. The normalized spacial score (nSPS) is 16.8. The first-order valence-electron chi connectivity index (χ1n) is 12.1. The van der Waals surface area contributed by atoms with Crippen molar-refractivity contribution in [2.75, 3.05) is 0 Å². The molecular weight excluding hydrogens is 454 g/mol. The Bertz CT molecular complexity index is 1430. The zero-order chi connectivity index (χ0) is 24.5. The number of amides is 1. The Morgan fingerprint density at radius 3 is 2.63 bits per heavy atom. The van der Waals surface area contributed by atoms with Gasteiger partial charge in [-0.3, -0.25) is 10.2 Å². The lowest BCUT2D eigenvalue weighted by atomic mass is 10.1. The number of rotatable bonds is 7. The molecule has 1 N–H and O–H groups in total. The molecule has 3 heterocycles. The monoisotopic (exact) mass is 483 g/mol. The molecule has 2 aromatic carbocycles. The van der Waals surface area contributed by atoms with Gasteiger partial charge in [-0.1, -0.05) is 56.5 Å². The summed E-state index contributed by atoms with van der Waals surface area (Å²) < 4.78 is 2.18. The van der Waals surface area contributed by atoms with E-state index in [9.17, 15) is 4.79 Å². The average Bonchev–Trinajstić information content (AvgIpc) is 3.38. The Labute approximate surface area is 209 Å². The molecule has 0 bridgehead atoms. The fraction of sp³-hybridized carbons (Fsp3) is 0.286. The van der Waals surface area contributed by atoms with E-state index in [1.807, 2.05) is 19.1 Å². The van der Waals surface area contributed by atoms with E-state index < -0.39 is 0 Å². The highest BCUT2D eigenvalue weighted by Gasteiger charge is 2.35. The molecule has 0 aliphatic carbocycles. The molecule has 7 heteroatoms. The Morgan fingerprint density at radius 2 is 1.83 bits per heavy atom. The number of thioether (sulfide) groups is 1. The molecule has 0 saturated heterocycles. The number of hydrogen-bond acceptors (Lipinski definition) is 4. The number of aromatic nitrogens is 1. The van der Waals surface area contributed by atoms with Gasteiger partial charge in [-0.05, 0) is 79.1 Å². The quantitative estimate of drug-likeness (QED) is 0.295. The van der Waals surface area contributed by atoms with Gasteiger partial charge in [0.25, 0.3) is 5.91 Å². The first kappa shape index (κ1) is 23.3. The van der Waals surface area contributed by atoms with Crippen LogP contribution in [0.1, 0.15) is 56.0 Å². The third-order valence-electron chi connectivity index (χ3n) is 6.50. The fourth-order valence-corrected chi connectivity index (χ4v) is 5.56. The number of hydrazone groups is 1. The van der Waals surface area contributed by atoms with Crippen molar-refractivity contribution in [2.45, 2.75) is 52.9 Å². The molecule has 3 aromatic rings. The second kappa shape index (κ2) is 9.66. The van der Waals surface area contributed by atoms with Gasteiger partial charge in [0.1, 0.15) is 5.04 Å². The predicted octanol–water partition coefficient (Wildman–Crippen LogP) is 6.84. The van der Waals surface area contributed by atoms with Crippen LogP contribution in [0.15, 0.2) is 64.2 Å². The third kappa shape index (κ3) is 4.48. The van der Waals surface area contributed by atoms with Gasteiger partial charge in [0.2, 0.25) is 5.17 Å². The number of nitrogens with one attached hydrogen (secondary N) is 1. The summed E-state index contributed by atoms with van der Waals surface area (Å²) in [6.45, 7) is 6.29. The van der Waals surface area contributed by atoms with Gasteiger partial charge in [0.05, 0.1) is 5.57 Å². The summed E-state index contributed by atoms with van der Waals surface area (Å²) in [6, 6.07) is 16.8. The molecule has 2 aliphatic rings. The Balaban J connectivity index is 1.43. The molecule has 6 nitrogen and oxygen atoms in total. The first-order chi connectivity index (χ1) is 17.0. The summed E-state index contributed by atoms with van der Waals surface area (Å²) in [5.41, 5.74) is 4.31. The molecule has 0 fully saturated rings. The van der Waals surface area contributed by atoms with Crippen LogP contribution in [0.3, 0.4) is 0 Å². The van der Waals surface area contributed by atoms with Crippen molar-refractivity contribution in [1.29, 1.82) is 5.41 Å². The molecule has 35 heavy (non-hydrogen) atoms. The summed E-state index contributed by atoms with van der Waals surface area (Å²) in [7, 11) is 0. The van der Waals surface area contributed by atoms with Gasteiger partial charge in [-0.15, -0.1) is 0 Å². The minimum Gasteiger partial charge on any atom is -0.318 e. The van der Waals surface area contributed by atoms with E-state index in [1.165, 1.54) is 40.4 Å². The molecule has 0 atom stereocenters. The van der Waals surface area contributed by atoms with Gasteiger partial charge in [0.15, 0.2) is 5.84 Å². The van der Waals surface area contributed by atoms with Crippen molar-refractivity contribution in [3.63, 3.8) is 0 Å². The van der Waals surface area contributed by atoms with Gasteiger partial charge >= 0.3 is 0 Å². The van der Waals surface area contributed by atoms with Crippen molar-refractivity contribution in [1.82, 2.24) is 9.58 Å². The number of carbonyl (C=O) groups excluding carboxylic acids is 1. The standard InChI is InChI=1S/C28H29N5OS/c1-4-5-6-7-12-25-31-33-26(29)24(27(34)30-28(33)35-25)17-22-15-18(2)32(19(22)3)23-14-13-20-10-8-9-11-21(20)16-23/h8-11,13-17,29H,4-7,12H2,1-3H3. The maximum absolute atomic E-state index is 12.9. The summed E-state index contributed by atoms with van der Waals surface area (Å²) in [6.07, 6.45) is 7.26. The number of aliphatic imine (C=N–C) groups is 1. The van der Waals surface area contributed by atoms with Crippen LogP contribution >= 0.6 is 11.8 Å². The number of fused-ring (bicyclic) bond motifs is 2. The lowest BCUT2D eigenvalue weighted by molar-refractivity contribution is -0.114. The van der Waals surface area contributed by atoms with Crippen molar-refractivity contribution >= 4 is 50.6 Å². The minimum atomic E-state index is -0.383. The Morgan fingerprint density at radius 1 is 1.03 bits per heavy atom. The molecule has 0 unspecified atom stereocenters. The van der Waals surface area contributed by atoms with Gasteiger partial charge < -0.3 is 4.57 Å². The maximum atomic E-state index is 12.9. The van der Waals surface area contributed by atoms with Crippen LogP contribution in [0.4, 0.5) is 0 Å². The Kier molecular flexibility index (Phi) is 6.43. The number of aryl methyl sites for hydroxylation is 1. The van der Waals surface area contributed by atoms with E-state index in [-0.39, 0.29) is 17.3 Å². The van der Waals surface area contributed by atoms with E-state index in [1.54, 1.807) is 6.08 Å². The predicted molar refractivity (Wildman–Crippen MR) is 147 cm³/mol. The van der Waals surface area contributed by atoms with Crippen molar-refractivity contribution in [3.8, 4) is 5.69 Å². The second-order valence-electron chi connectivity index (χ2n) is 9.02. The van der Waals surface area contributed by atoms with Gasteiger partial charge in [-0.25, -0.2) is 0 Å². The fourth-order valence-electron chi connectivity index (χ4n) is 4.64. The molecule has 1 aromatic heterocycles. The topological polar surface area (TPSA) is 73.8 Å². The van der Waals surface area contributed by atoms with Crippen LogP contribution in [0.2, 0.25) is 0 Å². The highest BCUT2D eigenvalue weighted by atomic mass is 32.2. The van der Waals surface area contributed by atoms with Crippen LogP contribution in [0.25, 0.3) is 22.5 Å². The summed E-state index contributed by atoms with van der Waals surface area (Å²) >= 11 is 1.41. The minimum absolute atomic E-state index is 0.0894. The highest BCUT2D eigenvalue weighted by Crippen LogP contribution is 2.31. The SMILES string of the molecule is CCCCCCC1=NN2C(=N)C(=Cc3cc(C)n(-c4ccc5ccccc5c4)c3C)C(=O)N=C2S1. The van der Waals surface area contributed by atoms with E-state index in [0.717, 1.165) is 46.9 Å². The smallest absolute Gasteiger partial charge is 0.283 e. The highest BCUT2D eigenvalue weighted by molar-refractivity contribution is 8.26. The van der Waals surface area contributed by atoms with Crippen LogP contribution in [-0.2, 0) is 4.79 Å². The van der Waals surface area contributed by atoms with E-state index in [4.69, 9.17) is 5.41 Å². The largest absolute Gasteiger partial charge is 0.318 e. The lowest BCUT2D eigenvalue weighted by Gasteiger charge is -2.20. The van der Waals surface area contributed by atoms with Crippen LogP contribution in [0, 0.1) is 19.3 Å². The van der Waals surface area contributed by atoms with Crippen LogP contribution in [0.5, 0.6) is 0 Å². The number of amidine groups is 2.